The fourth-order valence-corrected chi connectivity index (χ4v) is 1.64. The molecule has 16 heavy (non-hydrogen) atoms. The zero-order valence-corrected chi connectivity index (χ0v) is 9.71. The number of benzene rings is 1. The Hall–Kier alpha value is -1.39. The number of aromatic nitrogens is 2. The molecule has 0 saturated heterocycles. The zero-order valence-electron chi connectivity index (χ0n) is 8.20. The minimum absolute atomic E-state index is 0.0407. The van der Waals surface area contributed by atoms with Gasteiger partial charge in [-0.1, -0.05) is 28.4 Å². The second-order valence-corrected chi connectivity index (χ2v) is 3.95. The van der Waals surface area contributed by atoms with E-state index in [2.05, 4.69) is 10.1 Å². The van der Waals surface area contributed by atoms with Crippen LogP contribution >= 0.6 is 23.2 Å². The van der Waals surface area contributed by atoms with Crippen LogP contribution in [0.4, 0.5) is 0 Å². The van der Waals surface area contributed by atoms with E-state index in [-0.39, 0.29) is 17.5 Å². The summed E-state index contributed by atoms with van der Waals surface area (Å²) in [6.45, 7) is 1.35. The number of carbonyl (C=O) groups excluding carboxylic acids is 1. The highest BCUT2D eigenvalue weighted by Crippen LogP contribution is 2.28. The lowest BCUT2D eigenvalue weighted by atomic mass is 10.2. The Morgan fingerprint density at radius 1 is 1.38 bits per heavy atom. The number of hydrogen-bond acceptors (Lipinski definition) is 4. The lowest BCUT2D eigenvalue weighted by Crippen LogP contribution is -1.91. The zero-order chi connectivity index (χ0) is 11.7. The largest absolute Gasteiger partial charge is 0.330 e. The SMILES string of the molecule is CC(=O)c1nc(-c2ccc(Cl)cc2Cl)no1. The number of hydrogen-bond donors (Lipinski definition) is 0. The predicted octanol–water partition coefficient (Wildman–Crippen LogP) is 3.25. The maximum atomic E-state index is 11.0. The second-order valence-electron chi connectivity index (χ2n) is 3.10. The molecule has 0 aliphatic rings. The molecule has 1 aromatic carbocycles. The number of nitrogens with zero attached hydrogens (tertiary/aromatic N) is 2. The summed E-state index contributed by atoms with van der Waals surface area (Å²) in [5.74, 6) is -0.0586. The molecule has 82 valence electrons. The fraction of sp³-hybridized carbons (Fsp3) is 0.100. The van der Waals surface area contributed by atoms with E-state index >= 15 is 0 Å². The lowest BCUT2D eigenvalue weighted by molar-refractivity contribution is 0.0972. The van der Waals surface area contributed by atoms with Gasteiger partial charge in [-0.3, -0.25) is 4.79 Å². The first-order valence-corrected chi connectivity index (χ1v) is 5.13. The molecule has 0 amide bonds. The van der Waals surface area contributed by atoms with Crippen LogP contribution in [-0.2, 0) is 0 Å². The van der Waals surface area contributed by atoms with Gasteiger partial charge in [0.2, 0.25) is 11.6 Å². The summed E-state index contributed by atoms with van der Waals surface area (Å²) in [4.78, 5) is 14.9. The molecule has 0 atom stereocenters. The molecule has 0 fully saturated rings. The van der Waals surface area contributed by atoms with Crippen LogP contribution in [0.25, 0.3) is 11.4 Å². The molecule has 0 saturated carbocycles. The first kappa shape index (κ1) is 11.1. The van der Waals surface area contributed by atoms with Crippen molar-refractivity contribution in [3.8, 4) is 11.4 Å². The predicted molar refractivity (Wildman–Crippen MR) is 59.8 cm³/mol. The summed E-state index contributed by atoms with van der Waals surface area (Å²) in [5, 5.41) is 4.59. The fourth-order valence-electron chi connectivity index (χ4n) is 1.15. The van der Waals surface area contributed by atoms with Crippen molar-refractivity contribution in [3.63, 3.8) is 0 Å². The van der Waals surface area contributed by atoms with E-state index in [1.165, 1.54) is 6.92 Å². The topological polar surface area (TPSA) is 56.0 Å². The Labute approximate surface area is 101 Å². The first-order valence-electron chi connectivity index (χ1n) is 4.38. The highest BCUT2D eigenvalue weighted by atomic mass is 35.5. The van der Waals surface area contributed by atoms with Crippen molar-refractivity contribution >= 4 is 29.0 Å². The second kappa shape index (κ2) is 4.23. The highest BCUT2D eigenvalue weighted by Gasteiger charge is 2.14. The summed E-state index contributed by atoms with van der Waals surface area (Å²) in [6, 6.07) is 4.90. The van der Waals surface area contributed by atoms with Crippen LogP contribution < -0.4 is 0 Å². The van der Waals surface area contributed by atoms with Crippen molar-refractivity contribution in [3.05, 3.63) is 34.1 Å². The summed E-state index contributed by atoms with van der Waals surface area (Å²) in [5.41, 5.74) is 0.572. The summed E-state index contributed by atoms with van der Waals surface area (Å²) >= 11 is 11.7. The van der Waals surface area contributed by atoms with Crippen molar-refractivity contribution in [1.82, 2.24) is 10.1 Å². The third kappa shape index (κ3) is 2.08. The Morgan fingerprint density at radius 2 is 2.12 bits per heavy atom. The maximum Gasteiger partial charge on any atom is 0.294 e. The number of halogens is 2. The van der Waals surface area contributed by atoms with Crippen molar-refractivity contribution in [1.29, 1.82) is 0 Å². The molecule has 0 radical (unpaired) electrons. The van der Waals surface area contributed by atoms with Crippen molar-refractivity contribution in [2.45, 2.75) is 6.92 Å². The van der Waals surface area contributed by atoms with Crippen LogP contribution in [-0.4, -0.2) is 15.9 Å². The molecule has 1 heterocycles. The molecule has 0 aliphatic heterocycles. The van der Waals surface area contributed by atoms with Gasteiger partial charge in [0, 0.05) is 17.5 Å². The molecule has 2 rings (SSSR count). The highest BCUT2D eigenvalue weighted by molar-refractivity contribution is 6.36. The number of Topliss-reactive ketones (excluding diaryl/α,β-unsaturated/α-hetero) is 1. The molecule has 0 aliphatic carbocycles. The van der Waals surface area contributed by atoms with Gasteiger partial charge in [0.25, 0.3) is 5.89 Å². The van der Waals surface area contributed by atoms with Crippen LogP contribution in [0.3, 0.4) is 0 Å². The van der Waals surface area contributed by atoms with Gasteiger partial charge < -0.3 is 4.52 Å². The molecular formula is C10H6Cl2N2O2. The molecule has 0 unspecified atom stereocenters. The Morgan fingerprint density at radius 3 is 2.69 bits per heavy atom. The Bertz CT molecular complexity index is 552. The Kier molecular flexibility index (Phi) is 2.94. The molecule has 6 heteroatoms. The van der Waals surface area contributed by atoms with Crippen LogP contribution in [0.15, 0.2) is 22.7 Å². The molecular weight excluding hydrogens is 251 g/mol. The molecule has 0 bridgehead atoms. The van der Waals surface area contributed by atoms with Crippen LogP contribution in [0.5, 0.6) is 0 Å². The van der Waals surface area contributed by atoms with E-state index < -0.39 is 0 Å². The van der Waals surface area contributed by atoms with Gasteiger partial charge in [-0.25, -0.2) is 0 Å². The van der Waals surface area contributed by atoms with E-state index in [0.717, 1.165) is 0 Å². The van der Waals surface area contributed by atoms with Crippen molar-refractivity contribution in [2.24, 2.45) is 0 Å². The molecule has 0 spiro atoms. The summed E-state index contributed by atoms with van der Waals surface area (Å²) in [7, 11) is 0. The number of ketones is 1. The molecule has 0 N–H and O–H groups in total. The van der Waals surface area contributed by atoms with Gasteiger partial charge in [-0.05, 0) is 18.2 Å². The van der Waals surface area contributed by atoms with E-state index in [1.54, 1.807) is 18.2 Å². The van der Waals surface area contributed by atoms with Gasteiger partial charge in [-0.2, -0.15) is 4.98 Å². The molecule has 1 aromatic heterocycles. The molecule has 4 nitrogen and oxygen atoms in total. The van der Waals surface area contributed by atoms with Crippen LogP contribution in [0.1, 0.15) is 17.6 Å². The van der Waals surface area contributed by atoms with Gasteiger partial charge >= 0.3 is 0 Å². The minimum Gasteiger partial charge on any atom is -0.330 e. The molecule has 2 aromatic rings. The van der Waals surface area contributed by atoms with Crippen molar-refractivity contribution in [2.75, 3.05) is 0 Å². The van der Waals surface area contributed by atoms with E-state index in [1.807, 2.05) is 0 Å². The monoisotopic (exact) mass is 256 g/mol. The third-order valence-electron chi connectivity index (χ3n) is 1.90. The van der Waals surface area contributed by atoms with Crippen molar-refractivity contribution < 1.29 is 9.32 Å². The maximum absolute atomic E-state index is 11.0. The lowest BCUT2D eigenvalue weighted by Gasteiger charge is -1.98. The quantitative estimate of drug-likeness (QED) is 0.775. The smallest absolute Gasteiger partial charge is 0.294 e. The van der Waals surface area contributed by atoms with Gasteiger partial charge in [-0.15, -0.1) is 0 Å². The van der Waals surface area contributed by atoms with Gasteiger partial charge in [0.1, 0.15) is 0 Å². The van der Waals surface area contributed by atoms with Crippen LogP contribution in [0.2, 0.25) is 10.0 Å². The standard InChI is InChI=1S/C10H6Cl2N2O2/c1-5(15)10-13-9(14-16-10)7-3-2-6(11)4-8(7)12/h2-4H,1H3. The van der Waals surface area contributed by atoms with Gasteiger partial charge in [0.05, 0.1) is 5.02 Å². The number of rotatable bonds is 2. The average molecular weight is 257 g/mol. The van der Waals surface area contributed by atoms with E-state index in [0.29, 0.717) is 15.6 Å². The minimum atomic E-state index is -0.288. The summed E-state index contributed by atoms with van der Waals surface area (Å²) in [6.07, 6.45) is 0. The van der Waals surface area contributed by atoms with Crippen LogP contribution in [0, 0.1) is 0 Å². The van der Waals surface area contributed by atoms with Gasteiger partial charge in [0.15, 0.2) is 0 Å². The number of carbonyl (C=O) groups is 1. The third-order valence-corrected chi connectivity index (χ3v) is 2.45. The van der Waals surface area contributed by atoms with E-state index in [4.69, 9.17) is 27.7 Å². The van der Waals surface area contributed by atoms with E-state index in [9.17, 15) is 4.79 Å². The first-order chi connectivity index (χ1) is 7.58. The Balaban J connectivity index is 2.46. The summed E-state index contributed by atoms with van der Waals surface area (Å²) < 4.78 is 4.76. The average Bonchev–Trinajstić information content (AvgIpc) is 2.66. The normalized spacial score (nSPS) is 10.4.